The summed E-state index contributed by atoms with van der Waals surface area (Å²) in [7, 11) is 1.54. The summed E-state index contributed by atoms with van der Waals surface area (Å²) < 4.78 is 13.7. The normalized spacial score (nSPS) is 10.6. The summed E-state index contributed by atoms with van der Waals surface area (Å²) in [5.41, 5.74) is 0.876. The molecule has 124 valence electrons. The molecule has 9 heteroatoms. The Morgan fingerprint density at radius 3 is 2.71 bits per heavy atom. The van der Waals surface area contributed by atoms with Crippen LogP contribution < -0.4 is 15.2 Å². The molecule has 3 aromatic rings. The van der Waals surface area contributed by atoms with Gasteiger partial charge in [-0.1, -0.05) is 6.07 Å². The molecule has 1 aromatic carbocycles. The Kier molecular flexibility index (Phi) is 4.50. The Labute approximate surface area is 137 Å². The molecule has 0 aliphatic rings. The van der Waals surface area contributed by atoms with E-state index in [-0.39, 0.29) is 12.3 Å². The fourth-order valence-corrected chi connectivity index (χ4v) is 2.16. The first kappa shape index (κ1) is 15.7. The number of benzene rings is 1. The molecule has 0 spiro atoms. The van der Waals surface area contributed by atoms with Gasteiger partial charge in [-0.25, -0.2) is 14.8 Å². The third-order valence-electron chi connectivity index (χ3n) is 3.28. The molecule has 2 heterocycles. The average Bonchev–Trinajstić information content (AvgIpc) is 2.94. The van der Waals surface area contributed by atoms with Gasteiger partial charge in [0.15, 0.2) is 0 Å². The van der Waals surface area contributed by atoms with Crippen LogP contribution in [0.2, 0.25) is 0 Å². The molecule has 0 saturated heterocycles. The fourth-order valence-electron chi connectivity index (χ4n) is 2.16. The maximum absolute atomic E-state index is 12.2. The van der Waals surface area contributed by atoms with Gasteiger partial charge in [0.1, 0.15) is 18.7 Å². The van der Waals surface area contributed by atoms with Crippen molar-refractivity contribution in [3.05, 3.63) is 52.8 Å². The quantitative estimate of drug-likeness (QED) is 0.658. The van der Waals surface area contributed by atoms with Crippen molar-refractivity contribution in [2.75, 3.05) is 6.61 Å². The molecular formula is C15H16N6O3. The van der Waals surface area contributed by atoms with E-state index in [1.54, 1.807) is 24.4 Å². The zero-order valence-corrected chi connectivity index (χ0v) is 13.3. The molecule has 0 fully saturated rings. The van der Waals surface area contributed by atoms with Crippen molar-refractivity contribution < 1.29 is 9.47 Å². The summed E-state index contributed by atoms with van der Waals surface area (Å²) >= 11 is 0. The highest BCUT2D eigenvalue weighted by atomic mass is 16.5. The number of nitrogens with zero attached hydrogens (tertiary/aromatic N) is 6. The zero-order valence-electron chi connectivity index (χ0n) is 13.3. The first-order valence-corrected chi connectivity index (χ1v) is 7.33. The second-order valence-electron chi connectivity index (χ2n) is 4.82. The number of aromatic nitrogens is 6. The van der Waals surface area contributed by atoms with Crippen LogP contribution in [0.3, 0.4) is 0 Å². The number of tetrazole rings is 1. The van der Waals surface area contributed by atoms with Crippen LogP contribution in [0.5, 0.6) is 11.6 Å². The van der Waals surface area contributed by atoms with Gasteiger partial charge in [0.05, 0.1) is 17.9 Å². The third kappa shape index (κ3) is 3.09. The summed E-state index contributed by atoms with van der Waals surface area (Å²) in [5.74, 6) is 1.04. The largest absolute Gasteiger partial charge is 0.493 e. The predicted octanol–water partition coefficient (Wildman–Crippen LogP) is 0.734. The number of ether oxygens (including phenoxy) is 2. The van der Waals surface area contributed by atoms with Crippen molar-refractivity contribution >= 4 is 0 Å². The van der Waals surface area contributed by atoms with E-state index in [0.29, 0.717) is 29.5 Å². The van der Waals surface area contributed by atoms with Crippen LogP contribution in [0.1, 0.15) is 12.5 Å². The van der Waals surface area contributed by atoms with E-state index >= 15 is 0 Å². The number of hydrogen-bond acceptors (Lipinski definition) is 7. The minimum atomic E-state index is -0.355. The van der Waals surface area contributed by atoms with Gasteiger partial charge in [0.2, 0.25) is 5.88 Å². The van der Waals surface area contributed by atoms with Crippen LogP contribution in [0.25, 0.3) is 5.69 Å². The smallest absolute Gasteiger partial charge is 0.368 e. The van der Waals surface area contributed by atoms with Gasteiger partial charge in [-0.05, 0) is 29.5 Å². The molecule has 0 N–H and O–H groups in total. The minimum absolute atomic E-state index is 0.158. The van der Waals surface area contributed by atoms with Gasteiger partial charge < -0.3 is 9.47 Å². The SMILES string of the molecule is CCOc1cccc(-n2nnn(C)c2=O)c1COc1ccncn1. The fraction of sp³-hybridized carbons (Fsp3) is 0.267. The first-order valence-electron chi connectivity index (χ1n) is 7.33. The van der Waals surface area contributed by atoms with Crippen LogP contribution in [0, 0.1) is 0 Å². The van der Waals surface area contributed by atoms with Crippen molar-refractivity contribution in [1.29, 1.82) is 0 Å². The topological polar surface area (TPSA) is 97.0 Å². The zero-order chi connectivity index (χ0) is 16.9. The van der Waals surface area contributed by atoms with Crippen LogP contribution in [0.15, 0.2) is 41.6 Å². The number of hydrogen-bond donors (Lipinski definition) is 0. The van der Waals surface area contributed by atoms with Gasteiger partial charge in [0, 0.05) is 19.3 Å². The van der Waals surface area contributed by atoms with Gasteiger partial charge in [-0.15, -0.1) is 0 Å². The molecule has 0 aliphatic carbocycles. The third-order valence-corrected chi connectivity index (χ3v) is 3.28. The Morgan fingerprint density at radius 2 is 2.04 bits per heavy atom. The molecule has 0 atom stereocenters. The Bertz CT molecular complexity index is 874. The molecule has 0 amide bonds. The van der Waals surface area contributed by atoms with Gasteiger partial charge in [0.25, 0.3) is 0 Å². The molecule has 3 rings (SSSR count). The maximum Gasteiger partial charge on any atom is 0.368 e. The van der Waals surface area contributed by atoms with Gasteiger partial charge >= 0.3 is 5.69 Å². The second kappa shape index (κ2) is 6.90. The van der Waals surface area contributed by atoms with E-state index in [4.69, 9.17) is 9.47 Å². The van der Waals surface area contributed by atoms with E-state index in [2.05, 4.69) is 20.4 Å². The lowest BCUT2D eigenvalue weighted by molar-refractivity contribution is 0.276. The number of rotatable bonds is 6. The highest BCUT2D eigenvalue weighted by Crippen LogP contribution is 2.25. The summed E-state index contributed by atoms with van der Waals surface area (Å²) in [6, 6.07) is 7.01. The second-order valence-corrected chi connectivity index (χ2v) is 4.82. The Hall–Kier alpha value is -3.23. The molecule has 24 heavy (non-hydrogen) atoms. The Morgan fingerprint density at radius 1 is 1.17 bits per heavy atom. The first-order chi connectivity index (χ1) is 11.7. The van der Waals surface area contributed by atoms with Crippen molar-refractivity contribution in [2.24, 2.45) is 7.05 Å². The molecule has 0 bridgehead atoms. The predicted molar refractivity (Wildman–Crippen MR) is 84.1 cm³/mol. The summed E-state index contributed by atoms with van der Waals surface area (Å²) in [6.45, 7) is 2.53. The van der Waals surface area contributed by atoms with Crippen molar-refractivity contribution in [2.45, 2.75) is 13.5 Å². The van der Waals surface area contributed by atoms with E-state index in [9.17, 15) is 4.79 Å². The van der Waals surface area contributed by atoms with E-state index < -0.39 is 0 Å². The minimum Gasteiger partial charge on any atom is -0.493 e. The van der Waals surface area contributed by atoms with Crippen molar-refractivity contribution in [3.63, 3.8) is 0 Å². The van der Waals surface area contributed by atoms with Crippen LogP contribution in [-0.2, 0) is 13.7 Å². The lowest BCUT2D eigenvalue weighted by Crippen LogP contribution is -2.23. The summed E-state index contributed by atoms with van der Waals surface area (Å²) in [5, 5.41) is 7.63. The molecule has 0 saturated carbocycles. The summed E-state index contributed by atoms with van der Waals surface area (Å²) in [6.07, 6.45) is 2.99. The van der Waals surface area contributed by atoms with E-state index in [0.717, 1.165) is 4.68 Å². The van der Waals surface area contributed by atoms with Gasteiger partial charge in [-0.2, -0.15) is 9.36 Å². The van der Waals surface area contributed by atoms with Crippen molar-refractivity contribution in [1.82, 2.24) is 29.8 Å². The standard InChI is InChI=1S/C15H16N6O3/c1-3-23-13-6-4-5-12(21-15(22)20(2)18-19-21)11(13)9-24-14-7-8-16-10-17-14/h4-8,10H,3,9H2,1-2H3. The van der Waals surface area contributed by atoms with Gasteiger partial charge in [-0.3, -0.25) is 0 Å². The molecule has 2 aromatic heterocycles. The molecule has 0 aliphatic heterocycles. The van der Waals surface area contributed by atoms with E-state index in [1.807, 2.05) is 13.0 Å². The monoisotopic (exact) mass is 328 g/mol. The highest BCUT2D eigenvalue weighted by Gasteiger charge is 2.16. The lowest BCUT2D eigenvalue weighted by atomic mass is 10.1. The molecule has 0 unspecified atom stereocenters. The average molecular weight is 328 g/mol. The molecule has 9 nitrogen and oxygen atoms in total. The molecule has 0 radical (unpaired) electrons. The molecular weight excluding hydrogens is 312 g/mol. The Balaban J connectivity index is 2.01. The number of aryl methyl sites for hydroxylation is 1. The highest BCUT2D eigenvalue weighted by molar-refractivity contribution is 5.49. The van der Waals surface area contributed by atoms with Crippen LogP contribution in [-0.4, -0.2) is 36.4 Å². The summed E-state index contributed by atoms with van der Waals surface area (Å²) in [4.78, 5) is 20.0. The lowest BCUT2D eigenvalue weighted by Gasteiger charge is -2.14. The van der Waals surface area contributed by atoms with Crippen LogP contribution in [0.4, 0.5) is 0 Å². The van der Waals surface area contributed by atoms with E-state index in [1.165, 1.54) is 18.1 Å². The maximum atomic E-state index is 12.2. The van der Waals surface area contributed by atoms with Crippen LogP contribution >= 0.6 is 0 Å². The van der Waals surface area contributed by atoms with Crippen molar-refractivity contribution in [3.8, 4) is 17.3 Å².